The zero-order valence-corrected chi connectivity index (χ0v) is 13.3. The Kier molecular flexibility index (Phi) is 6.07. The molecule has 8 nitrogen and oxygen atoms in total. The van der Waals surface area contributed by atoms with Crippen molar-refractivity contribution in [1.29, 1.82) is 0 Å². The van der Waals surface area contributed by atoms with Gasteiger partial charge >= 0.3 is 0 Å². The topological polar surface area (TPSA) is 106 Å². The van der Waals surface area contributed by atoms with Crippen LogP contribution in [0.25, 0.3) is 0 Å². The first-order chi connectivity index (χ1) is 11.2. The molecule has 2 rings (SSSR count). The summed E-state index contributed by atoms with van der Waals surface area (Å²) in [6, 6.07) is 7.87. The molecular formula is C15H22N6O2. The minimum absolute atomic E-state index is 0.0543. The quantitative estimate of drug-likeness (QED) is 0.565. The smallest absolute Gasteiger partial charge is 0.233 e. The zero-order valence-electron chi connectivity index (χ0n) is 13.3. The summed E-state index contributed by atoms with van der Waals surface area (Å²) >= 11 is 0. The van der Waals surface area contributed by atoms with Gasteiger partial charge in [0.25, 0.3) is 0 Å². The van der Waals surface area contributed by atoms with Crippen LogP contribution in [0.5, 0.6) is 0 Å². The maximum atomic E-state index is 9.16. The van der Waals surface area contributed by atoms with E-state index in [9.17, 15) is 0 Å². The first-order valence-electron chi connectivity index (χ1n) is 7.40. The number of hydrogen-bond donors (Lipinski definition) is 4. The fraction of sp³-hybridized carbons (Fsp3) is 0.400. The molecule has 0 radical (unpaired) electrons. The molecule has 0 fully saturated rings. The Balaban J connectivity index is 2.28. The Morgan fingerprint density at radius 3 is 2.13 bits per heavy atom. The van der Waals surface area contributed by atoms with Gasteiger partial charge in [0.15, 0.2) is 0 Å². The Morgan fingerprint density at radius 1 is 0.957 bits per heavy atom. The van der Waals surface area contributed by atoms with Crippen molar-refractivity contribution in [2.24, 2.45) is 0 Å². The summed E-state index contributed by atoms with van der Waals surface area (Å²) in [4.78, 5) is 14.6. The normalized spacial score (nSPS) is 10.4. The highest BCUT2D eigenvalue weighted by Gasteiger charge is 2.13. The molecule has 23 heavy (non-hydrogen) atoms. The second kappa shape index (κ2) is 8.25. The van der Waals surface area contributed by atoms with Crippen LogP contribution in [-0.4, -0.2) is 58.5 Å². The van der Waals surface area contributed by atoms with E-state index in [1.165, 1.54) is 5.56 Å². The lowest BCUT2D eigenvalue weighted by Crippen LogP contribution is -2.31. The Bertz CT molecular complexity index is 614. The maximum Gasteiger partial charge on any atom is 0.233 e. The monoisotopic (exact) mass is 318 g/mol. The number of aryl methyl sites for hydroxylation is 1. The van der Waals surface area contributed by atoms with Crippen LogP contribution in [0.1, 0.15) is 5.56 Å². The lowest BCUT2D eigenvalue weighted by molar-refractivity contribution is 0.280. The van der Waals surface area contributed by atoms with E-state index < -0.39 is 0 Å². The summed E-state index contributed by atoms with van der Waals surface area (Å²) in [5.74, 6) is 1.19. The van der Waals surface area contributed by atoms with Gasteiger partial charge in [-0.2, -0.15) is 15.0 Å². The molecule has 1 aromatic heterocycles. The number of nitrogens with one attached hydrogen (secondary N) is 2. The molecule has 8 heteroatoms. The lowest BCUT2D eigenvalue weighted by Gasteiger charge is -2.21. The standard InChI is InChI=1S/C15H22N6O2/c1-11-3-5-12(6-4-11)17-14-18-13(16-2)19-15(20-14)21(7-9-22)8-10-23/h3-6,22-23H,7-10H2,1-2H3,(H2,16,17,18,19,20). The van der Waals surface area contributed by atoms with Crippen molar-refractivity contribution in [3.8, 4) is 0 Å². The van der Waals surface area contributed by atoms with E-state index in [0.29, 0.717) is 30.9 Å². The molecule has 0 unspecified atom stereocenters. The third kappa shape index (κ3) is 4.76. The highest BCUT2D eigenvalue weighted by atomic mass is 16.3. The Hall–Kier alpha value is -2.45. The molecular weight excluding hydrogens is 296 g/mol. The van der Waals surface area contributed by atoms with Crippen molar-refractivity contribution in [2.45, 2.75) is 6.92 Å². The average Bonchev–Trinajstić information content (AvgIpc) is 2.56. The molecule has 1 aromatic carbocycles. The number of anilines is 4. The molecule has 0 spiro atoms. The van der Waals surface area contributed by atoms with Gasteiger partial charge in [-0.25, -0.2) is 0 Å². The number of benzene rings is 1. The van der Waals surface area contributed by atoms with Gasteiger partial charge in [0.1, 0.15) is 0 Å². The number of aliphatic hydroxyl groups is 2. The summed E-state index contributed by atoms with van der Waals surface area (Å²) in [6.07, 6.45) is 0. The first-order valence-corrected chi connectivity index (χ1v) is 7.40. The summed E-state index contributed by atoms with van der Waals surface area (Å²) in [7, 11) is 1.72. The summed E-state index contributed by atoms with van der Waals surface area (Å²) in [5.41, 5.74) is 2.03. The Morgan fingerprint density at radius 2 is 1.57 bits per heavy atom. The number of hydrogen-bond acceptors (Lipinski definition) is 8. The molecule has 2 aromatic rings. The van der Waals surface area contributed by atoms with Gasteiger partial charge in [-0.05, 0) is 19.1 Å². The van der Waals surface area contributed by atoms with E-state index in [2.05, 4.69) is 25.6 Å². The van der Waals surface area contributed by atoms with Crippen LogP contribution >= 0.6 is 0 Å². The summed E-state index contributed by atoms with van der Waals surface area (Å²) in [5, 5.41) is 24.3. The first kappa shape index (κ1) is 16.9. The molecule has 0 amide bonds. The zero-order chi connectivity index (χ0) is 16.7. The molecule has 124 valence electrons. The second-order valence-electron chi connectivity index (χ2n) is 4.96. The summed E-state index contributed by atoms with van der Waals surface area (Å²) < 4.78 is 0. The van der Waals surface area contributed by atoms with Crippen molar-refractivity contribution in [3.63, 3.8) is 0 Å². The van der Waals surface area contributed by atoms with Gasteiger partial charge in [0.2, 0.25) is 17.8 Å². The molecule has 0 atom stereocenters. The van der Waals surface area contributed by atoms with E-state index >= 15 is 0 Å². The minimum atomic E-state index is -0.0543. The number of nitrogens with zero attached hydrogens (tertiary/aromatic N) is 4. The molecule has 4 N–H and O–H groups in total. The van der Waals surface area contributed by atoms with Crippen molar-refractivity contribution in [2.75, 3.05) is 48.9 Å². The average molecular weight is 318 g/mol. The predicted molar refractivity (Wildman–Crippen MR) is 90.2 cm³/mol. The van der Waals surface area contributed by atoms with Crippen molar-refractivity contribution in [3.05, 3.63) is 29.8 Å². The third-order valence-corrected chi connectivity index (χ3v) is 3.18. The molecule has 0 aliphatic heterocycles. The van der Waals surface area contributed by atoms with Crippen LogP contribution in [0, 0.1) is 6.92 Å². The SMILES string of the molecule is CNc1nc(Nc2ccc(C)cc2)nc(N(CCO)CCO)n1. The lowest BCUT2D eigenvalue weighted by atomic mass is 10.2. The van der Waals surface area contributed by atoms with E-state index in [0.717, 1.165) is 5.69 Å². The summed E-state index contributed by atoms with van der Waals surface area (Å²) in [6.45, 7) is 2.57. The van der Waals surface area contributed by atoms with E-state index in [1.807, 2.05) is 31.2 Å². The van der Waals surface area contributed by atoms with Gasteiger partial charge in [0, 0.05) is 25.8 Å². The fourth-order valence-corrected chi connectivity index (χ4v) is 1.99. The van der Waals surface area contributed by atoms with Crippen molar-refractivity contribution >= 4 is 23.5 Å². The van der Waals surface area contributed by atoms with Gasteiger partial charge in [-0.15, -0.1) is 0 Å². The van der Waals surface area contributed by atoms with Gasteiger partial charge in [-0.3, -0.25) is 0 Å². The van der Waals surface area contributed by atoms with Crippen molar-refractivity contribution < 1.29 is 10.2 Å². The highest BCUT2D eigenvalue weighted by molar-refractivity contribution is 5.56. The molecule has 0 saturated heterocycles. The minimum Gasteiger partial charge on any atom is -0.395 e. The van der Waals surface area contributed by atoms with E-state index in [-0.39, 0.29) is 13.2 Å². The molecule has 0 saturated carbocycles. The van der Waals surface area contributed by atoms with Crippen LogP contribution in [0.2, 0.25) is 0 Å². The number of aromatic nitrogens is 3. The van der Waals surface area contributed by atoms with Gasteiger partial charge in [0.05, 0.1) is 13.2 Å². The van der Waals surface area contributed by atoms with Crippen LogP contribution < -0.4 is 15.5 Å². The number of rotatable bonds is 8. The maximum absolute atomic E-state index is 9.16. The van der Waals surface area contributed by atoms with Crippen LogP contribution in [0.15, 0.2) is 24.3 Å². The second-order valence-corrected chi connectivity index (χ2v) is 4.96. The molecule has 1 heterocycles. The van der Waals surface area contributed by atoms with E-state index in [4.69, 9.17) is 10.2 Å². The van der Waals surface area contributed by atoms with Crippen LogP contribution in [0.4, 0.5) is 23.5 Å². The largest absolute Gasteiger partial charge is 0.395 e. The Labute approximate surface area is 135 Å². The third-order valence-electron chi connectivity index (χ3n) is 3.18. The number of aliphatic hydroxyl groups excluding tert-OH is 2. The predicted octanol–water partition coefficient (Wildman–Crippen LogP) is 0.756. The molecule has 0 bridgehead atoms. The van der Waals surface area contributed by atoms with E-state index in [1.54, 1.807) is 11.9 Å². The van der Waals surface area contributed by atoms with Crippen molar-refractivity contribution in [1.82, 2.24) is 15.0 Å². The van der Waals surface area contributed by atoms with Gasteiger partial charge < -0.3 is 25.7 Å². The van der Waals surface area contributed by atoms with Crippen LogP contribution in [0.3, 0.4) is 0 Å². The van der Waals surface area contributed by atoms with Gasteiger partial charge in [-0.1, -0.05) is 17.7 Å². The molecule has 0 aliphatic rings. The fourth-order valence-electron chi connectivity index (χ4n) is 1.99. The highest BCUT2D eigenvalue weighted by Crippen LogP contribution is 2.18. The molecule has 0 aliphatic carbocycles. The van der Waals surface area contributed by atoms with Crippen LogP contribution in [-0.2, 0) is 0 Å².